The van der Waals surface area contributed by atoms with Gasteiger partial charge in [0.25, 0.3) is 5.91 Å². The molecule has 0 spiro atoms. The molecule has 1 aromatic carbocycles. The number of aliphatic carboxylic acids is 1. The number of benzene rings is 1. The Morgan fingerprint density at radius 1 is 1.24 bits per heavy atom. The summed E-state index contributed by atoms with van der Waals surface area (Å²) in [5, 5.41) is 19.8. The van der Waals surface area contributed by atoms with Crippen molar-refractivity contribution >= 4 is 23.7 Å². The van der Waals surface area contributed by atoms with Crippen LogP contribution in [0.15, 0.2) is 24.8 Å². The van der Waals surface area contributed by atoms with Crippen LogP contribution in [0.4, 0.5) is 10.5 Å². The van der Waals surface area contributed by atoms with Crippen LogP contribution < -0.4 is 14.4 Å². The van der Waals surface area contributed by atoms with Gasteiger partial charge in [0.15, 0.2) is 17.7 Å². The largest absolute Gasteiger partial charge is 0.493 e. The number of aliphatic hydroxyl groups excluding tert-OH is 1. The normalized spacial score (nSPS) is 19.4. The molecule has 180 valence electrons. The number of hydrogen-bond acceptors (Lipinski definition) is 7. The molecule has 2 amide bonds. The van der Waals surface area contributed by atoms with Crippen molar-refractivity contribution in [2.45, 2.75) is 50.8 Å². The Hall–Kier alpha value is -3.27. The van der Waals surface area contributed by atoms with Crippen molar-refractivity contribution in [2.24, 2.45) is 0 Å². The number of fused-ring (bicyclic) bond motifs is 2. The lowest BCUT2D eigenvalue weighted by atomic mass is 10.1. The standard InChI is InChI=1S/C23H30N2O8/c1-3-11-33-23(30)25-17-14-19(32-12-6-4-5-9-20(26)27)18(31-2)13-15(17)21(28)24-10-7-8-16(24)22(25)29/h3,13-14,16,22,29H,1,4-12H2,2H3,(H,26,27)/t16-,22?/m0/s1. The molecule has 2 N–H and O–H groups in total. The number of nitrogens with zero attached hydrogens (tertiary/aromatic N) is 2. The quantitative estimate of drug-likeness (QED) is 0.402. The Morgan fingerprint density at radius 2 is 2.03 bits per heavy atom. The van der Waals surface area contributed by atoms with E-state index in [0.717, 1.165) is 11.3 Å². The zero-order valence-electron chi connectivity index (χ0n) is 18.7. The third-order valence-corrected chi connectivity index (χ3v) is 5.75. The molecule has 1 unspecified atom stereocenters. The fourth-order valence-electron chi connectivity index (χ4n) is 4.16. The SMILES string of the molecule is C=CCOC(=O)N1c2cc(OCCCCCC(=O)O)c(OC)cc2C(=O)N2CCC[C@H]2C1O. The third-order valence-electron chi connectivity index (χ3n) is 5.75. The van der Waals surface area contributed by atoms with Gasteiger partial charge in [-0.15, -0.1) is 0 Å². The number of carbonyl (C=O) groups is 3. The number of rotatable bonds is 10. The molecule has 0 saturated carbocycles. The smallest absolute Gasteiger partial charge is 0.416 e. The first-order chi connectivity index (χ1) is 15.9. The molecule has 2 heterocycles. The topological polar surface area (TPSA) is 126 Å². The maximum absolute atomic E-state index is 13.3. The molecule has 10 heteroatoms. The minimum Gasteiger partial charge on any atom is -0.493 e. The van der Waals surface area contributed by atoms with E-state index < -0.39 is 24.3 Å². The number of anilines is 1. The highest BCUT2D eigenvalue weighted by Gasteiger charge is 2.45. The molecule has 0 aromatic heterocycles. The van der Waals surface area contributed by atoms with E-state index in [1.165, 1.54) is 25.3 Å². The Bertz CT molecular complexity index is 903. The number of hydrogen-bond donors (Lipinski definition) is 2. The maximum atomic E-state index is 13.3. The van der Waals surface area contributed by atoms with Crippen molar-refractivity contribution in [3.05, 3.63) is 30.4 Å². The zero-order valence-corrected chi connectivity index (χ0v) is 18.7. The molecule has 0 bridgehead atoms. The minimum absolute atomic E-state index is 0.0461. The van der Waals surface area contributed by atoms with E-state index >= 15 is 0 Å². The van der Waals surface area contributed by atoms with Crippen molar-refractivity contribution in [1.82, 2.24) is 4.90 Å². The highest BCUT2D eigenvalue weighted by Crippen LogP contribution is 2.41. The monoisotopic (exact) mass is 462 g/mol. The number of aliphatic hydroxyl groups is 1. The lowest BCUT2D eigenvalue weighted by molar-refractivity contribution is -0.137. The van der Waals surface area contributed by atoms with Crippen molar-refractivity contribution < 1.29 is 38.8 Å². The number of methoxy groups -OCH3 is 1. The van der Waals surface area contributed by atoms with Crippen LogP contribution in [0, 0.1) is 0 Å². The summed E-state index contributed by atoms with van der Waals surface area (Å²) in [6, 6.07) is 2.47. The molecule has 0 radical (unpaired) electrons. The zero-order chi connectivity index (χ0) is 24.0. The summed E-state index contributed by atoms with van der Waals surface area (Å²) < 4.78 is 16.5. The molecule has 1 fully saturated rings. The van der Waals surface area contributed by atoms with E-state index in [0.29, 0.717) is 50.3 Å². The van der Waals surface area contributed by atoms with E-state index in [1.54, 1.807) is 4.90 Å². The predicted molar refractivity (Wildman–Crippen MR) is 119 cm³/mol. The summed E-state index contributed by atoms with van der Waals surface area (Å²) in [7, 11) is 1.45. The van der Waals surface area contributed by atoms with Crippen LogP contribution in [0.25, 0.3) is 0 Å². The van der Waals surface area contributed by atoms with Crippen LogP contribution in [0.1, 0.15) is 48.9 Å². The van der Waals surface area contributed by atoms with Crippen molar-refractivity contribution in [3.8, 4) is 11.5 Å². The van der Waals surface area contributed by atoms with Crippen molar-refractivity contribution in [2.75, 3.05) is 31.8 Å². The first kappa shape index (κ1) is 24.4. The van der Waals surface area contributed by atoms with Gasteiger partial charge in [-0.3, -0.25) is 9.59 Å². The highest BCUT2D eigenvalue weighted by molar-refractivity contribution is 6.06. The van der Waals surface area contributed by atoms with Crippen molar-refractivity contribution in [1.29, 1.82) is 0 Å². The van der Waals surface area contributed by atoms with E-state index in [4.69, 9.17) is 19.3 Å². The van der Waals surface area contributed by atoms with E-state index in [-0.39, 0.29) is 30.2 Å². The van der Waals surface area contributed by atoms with Gasteiger partial charge >= 0.3 is 12.1 Å². The fourth-order valence-corrected chi connectivity index (χ4v) is 4.16. The van der Waals surface area contributed by atoms with Crippen LogP contribution in [0.2, 0.25) is 0 Å². The molecule has 33 heavy (non-hydrogen) atoms. The summed E-state index contributed by atoms with van der Waals surface area (Å²) in [4.78, 5) is 39.5. The Balaban J connectivity index is 1.91. The average Bonchev–Trinajstić information content (AvgIpc) is 3.26. The molecule has 0 aliphatic carbocycles. The lowest BCUT2D eigenvalue weighted by Gasteiger charge is -2.31. The summed E-state index contributed by atoms with van der Waals surface area (Å²) in [6.07, 6.45) is 2.55. The van der Waals surface area contributed by atoms with Gasteiger partial charge in [0.1, 0.15) is 6.61 Å². The Morgan fingerprint density at radius 3 is 2.73 bits per heavy atom. The number of carboxylic acid groups (broad SMARTS) is 1. The molecule has 1 saturated heterocycles. The van der Waals surface area contributed by atoms with Gasteiger partial charge in [0.2, 0.25) is 0 Å². The first-order valence-electron chi connectivity index (χ1n) is 11.0. The summed E-state index contributed by atoms with van der Waals surface area (Å²) in [5.74, 6) is -0.517. The van der Waals surface area contributed by atoms with E-state index in [9.17, 15) is 19.5 Å². The first-order valence-corrected chi connectivity index (χ1v) is 11.0. The second-order valence-corrected chi connectivity index (χ2v) is 7.93. The number of carboxylic acids is 1. The molecule has 1 aromatic rings. The number of ether oxygens (including phenoxy) is 3. The molecular weight excluding hydrogens is 432 g/mol. The Labute approximate surface area is 192 Å². The maximum Gasteiger partial charge on any atom is 0.416 e. The molecule has 3 rings (SSSR count). The average molecular weight is 462 g/mol. The molecular formula is C23H30N2O8. The summed E-state index contributed by atoms with van der Waals surface area (Å²) in [6.45, 7) is 4.26. The molecule has 2 atom stereocenters. The molecule has 2 aliphatic rings. The van der Waals surface area contributed by atoms with Gasteiger partial charge in [-0.25, -0.2) is 9.69 Å². The predicted octanol–water partition coefficient (Wildman–Crippen LogP) is 2.78. The van der Waals surface area contributed by atoms with Gasteiger partial charge in [0, 0.05) is 19.0 Å². The summed E-state index contributed by atoms with van der Waals surface area (Å²) >= 11 is 0. The number of carbonyl (C=O) groups excluding carboxylic acids is 2. The lowest BCUT2D eigenvalue weighted by Crippen LogP contribution is -2.50. The second kappa shape index (κ2) is 11.0. The third kappa shape index (κ3) is 5.39. The van der Waals surface area contributed by atoms with E-state index in [1.807, 2.05) is 0 Å². The van der Waals surface area contributed by atoms with Crippen LogP contribution in [-0.4, -0.2) is 72.2 Å². The highest BCUT2D eigenvalue weighted by atomic mass is 16.6. The molecule has 10 nitrogen and oxygen atoms in total. The number of unbranched alkanes of at least 4 members (excludes halogenated alkanes) is 2. The minimum atomic E-state index is -1.28. The van der Waals surface area contributed by atoms with Crippen LogP contribution in [0.5, 0.6) is 11.5 Å². The van der Waals surface area contributed by atoms with Gasteiger partial charge in [-0.1, -0.05) is 12.7 Å². The Kier molecular flexibility index (Phi) is 8.16. The van der Waals surface area contributed by atoms with Gasteiger partial charge in [0.05, 0.1) is 31.0 Å². The van der Waals surface area contributed by atoms with Crippen LogP contribution in [-0.2, 0) is 9.53 Å². The van der Waals surface area contributed by atoms with E-state index in [2.05, 4.69) is 6.58 Å². The molecule has 2 aliphatic heterocycles. The van der Waals surface area contributed by atoms with Gasteiger partial charge in [-0.05, 0) is 38.2 Å². The van der Waals surface area contributed by atoms with Crippen LogP contribution >= 0.6 is 0 Å². The van der Waals surface area contributed by atoms with Gasteiger partial charge in [-0.2, -0.15) is 0 Å². The second-order valence-electron chi connectivity index (χ2n) is 7.93. The van der Waals surface area contributed by atoms with Gasteiger partial charge < -0.3 is 29.3 Å². The number of amides is 2. The van der Waals surface area contributed by atoms with Crippen LogP contribution in [0.3, 0.4) is 0 Å². The fraction of sp³-hybridized carbons (Fsp3) is 0.522. The summed E-state index contributed by atoms with van der Waals surface area (Å²) in [5.41, 5.74) is 0.386. The van der Waals surface area contributed by atoms with Crippen molar-refractivity contribution in [3.63, 3.8) is 0 Å².